The molecule has 3 aromatic rings. The van der Waals surface area contributed by atoms with Crippen molar-refractivity contribution in [2.24, 2.45) is 0 Å². The van der Waals surface area contributed by atoms with Gasteiger partial charge in [-0.1, -0.05) is 30.7 Å². The van der Waals surface area contributed by atoms with Crippen molar-refractivity contribution in [3.63, 3.8) is 0 Å². The smallest absolute Gasteiger partial charge is 0.189 e. The molecule has 4 nitrogen and oxygen atoms in total. The first-order chi connectivity index (χ1) is 13.5. The Morgan fingerprint density at radius 1 is 1.21 bits per heavy atom. The molecular formula is C22H23ClFNO3. The van der Waals surface area contributed by atoms with E-state index < -0.39 is 5.82 Å². The molecular weight excluding hydrogens is 381 g/mol. The second-order valence-corrected chi connectivity index (χ2v) is 7.04. The molecule has 0 radical (unpaired) electrons. The minimum atomic E-state index is -0.469. The maximum Gasteiger partial charge on any atom is 0.189 e. The third kappa shape index (κ3) is 3.91. The minimum Gasteiger partial charge on any atom is -0.494 e. The van der Waals surface area contributed by atoms with E-state index >= 15 is 0 Å². The Hall–Kier alpha value is -2.37. The van der Waals surface area contributed by atoms with Gasteiger partial charge in [0, 0.05) is 30.1 Å². The van der Waals surface area contributed by atoms with Crippen LogP contribution in [-0.2, 0) is 6.42 Å². The predicted octanol–water partition coefficient (Wildman–Crippen LogP) is 4.73. The van der Waals surface area contributed by atoms with Gasteiger partial charge >= 0.3 is 0 Å². The van der Waals surface area contributed by atoms with Gasteiger partial charge < -0.3 is 14.4 Å². The summed E-state index contributed by atoms with van der Waals surface area (Å²) >= 11 is 5.91. The molecule has 0 fully saturated rings. The summed E-state index contributed by atoms with van der Waals surface area (Å²) in [6.07, 6.45) is 2.66. The zero-order chi connectivity index (χ0) is 20.3. The largest absolute Gasteiger partial charge is 0.494 e. The summed E-state index contributed by atoms with van der Waals surface area (Å²) in [4.78, 5) is 12.5. The number of fused-ring (bicyclic) bond motifs is 1. The number of aliphatic hydroxyl groups is 1. The normalized spacial score (nSPS) is 12.3. The van der Waals surface area contributed by atoms with Crippen molar-refractivity contribution in [2.45, 2.75) is 32.7 Å². The average molecular weight is 404 g/mol. The molecule has 0 unspecified atom stereocenters. The summed E-state index contributed by atoms with van der Waals surface area (Å²) in [5, 5.41) is 10.3. The van der Waals surface area contributed by atoms with Gasteiger partial charge in [0.05, 0.1) is 29.8 Å². The number of aromatic nitrogens is 1. The highest BCUT2D eigenvalue weighted by atomic mass is 35.5. The number of benzene rings is 2. The summed E-state index contributed by atoms with van der Waals surface area (Å²) in [5.74, 6) is 0.116. The van der Waals surface area contributed by atoms with Crippen molar-refractivity contribution in [1.29, 1.82) is 0 Å². The van der Waals surface area contributed by atoms with E-state index in [2.05, 4.69) is 0 Å². The van der Waals surface area contributed by atoms with Crippen molar-refractivity contribution in [1.82, 2.24) is 4.57 Å². The van der Waals surface area contributed by atoms with Crippen LogP contribution in [0.3, 0.4) is 0 Å². The fourth-order valence-electron chi connectivity index (χ4n) is 3.39. The van der Waals surface area contributed by atoms with E-state index in [-0.39, 0.29) is 29.5 Å². The van der Waals surface area contributed by atoms with Crippen LogP contribution in [0.15, 0.2) is 47.4 Å². The average Bonchev–Trinajstić information content (AvgIpc) is 2.69. The van der Waals surface area contributed by atoms with Gasteiger partial charge in [-0.15, -0.1) is 0 Å². The molecule has 1 atom stereocenters. The number of pyridine rings is 1. The molecule has 1 aromatic heterocycles. The molecule has 28 heavy (non-hydrogen) atoms. The van der Waals surface area contributed by atoms with Crippen LogP contribution in [0.25, 0.3) is 10.9 Å². The van der Waals surface area contributed by atoms with E-state index in [0.29, 0.717) is 40.8 Å². The van der Waals surface area contributed by atoms with Gasteiger partial charge in [0.2, 0.25) is 0 Å². The second-order valence-electron chi connectivity index (χ2n) is 6.63. The Bertz CT molecular complexity index is 1040. The Morgan fingerprint density at radius 2 is 2.00 bits per heavy atom. The van der Waals surface area contributed by atoms with Crippen LogP contribution in [0, 0.1) is 5.82 Å². The number of aliphatic hydroxyl groups excluding tert-OH is 1. The van der Waals surface area contributed by atoms with E-state index in [9.17, 15) is 14.3 Å². The van der Waals surface area contributed by atoms with Gasteiger partial charge in [-0.3, -0.25) is 4.79 Å². The van der Waals surface area contributed by atoms with Crippen molar-refractivity contribution in [2.75, 3.05) is 13.2 Å². The number of rotatable bonds is 7. The lowest BCUT2D eigenvalue weighted by molar-refractivity contribution is 0.227. The van der Waals surface area contributed by atoms with E-state index in [1.807, 2.05) is 18.4 Å². The zero-order valence-electron chi connectivity index (χ0n) is 15.9. The molecule has 1 heterocycles. The third-order valence-electron chi connectivity index (χ3n) is 4.90. The van der Waals surface area contributed by atoms with Crippen LogP contribution >= 0.6 is 11.6 Å². The van der Waals surface area contributed by atoms with Gasteiger partial charge in [0.1, 0.15) is 11.6 Å². The highest BCUT2D eigenvalue weighted by Crippen LogP contribution is 2.30. The molecule has 0 bridgehead atoms. The second kappa shape index (κ2) is 8.76. The molecule has 1 N–H and O–H groups in total. The van der Waals surface area contributed by atoms with Crippen LogP contribution < -0.4 is 10.2 Å². The number of nitrogens with zero attached hydrogens (tertiary/aromatic N) is 1. The molecule has 0 aliphatic heterocycles. The highest BCUT2D eigenvalue weighted by Gasteiger charge is 2.16. The summed E-state index contributed by atoms with van der Waals surface area (Å²) < 4.78 is 22.1. The van der Waals surface area contributed by atoms with E-state index in [1.165, 1.54) is 12.1 Å². The van der Waals surface area contributed by atoms with Crippen LogP contribution in [0.4, 0.5) is 4.39 Å². The standard InChI is InChI=1S/C22H23ClFNO3/c1-3-16(13-26)25-9-8-20(27)17-11-15(21(28-4-2)12-19(17)25)10-14-6-5-7-18(23)22(14)24/h5-9,11-12,16,26H,3-4,10,13H2,1-2H3/t16-/m0/s1. The van der Waals surface area contributed by atoms with E-state index in [4.69, 9.17) is 16.3 Å². The molecule has 0 amide bonds. The van der Waals surface area contributed by atoms with Gasteiger partial charge in [-0.05, 0) is 36.6 Å². The number of hydrogen-bond donors (Lipinski definition) is 1. The summed E-state index contributed by atoms with van der Waals surface area (Å²) in [6, 6.07) is 9.77. The third-order valence-corrected chi connectivity index (χ3v) is 5.19. The molecule has 3 rings (SSSR count). The van der Waals surface area contributed by atoms with Crippen molar-refractivity contribution in [3.8, 4) is 5.75 Å². The van der Waals surface area contributed by atoms with Gasteiger partial charge in [-0.2, -0.15) is 0 Å². The molecule has 2 aromatic carbocycles. The monoisotopic (exact) mass is 403 g/mol. The highest BCUT2D eigenvalue weighted by molar-refractivity contribution is 6.30. The maximum atomic E-state index is 14.4. The predicted molar refractivity (Wildman–Crippen MR) is 110 cm³/mol. The van der Waals surface area contributed by atoms with Gasteiger partial charge in [0.15, 0.2) is 5.43 Å². The molecule has 0 aliphatic carbocycles. The quantitative estimate of drug-likeness (QED) is 0.620. The lowest BCUT2D eigenvalue weighted by Crippen LogP contribution is -2.16. The van der Waals surface area contributed by atoms with E-state index in [0.717, 1.165) is 0 Å². The molecule has 6 heteroatoms. The molecule has 0 spiro atoms. The molecule has 148 valence electrons. The topological polar surface area (TPSA) is 51.5 Å². The summed E-state index contributed by atoms with van der Waals surface area (Å²) in [6.45, 7) is 4.25. The zero-order valence-corrected chi connectivity index (χ0v) is 16.7. The minimum absolute atomic E-state index is 0.0338. The Kier molecular flexibility index (Phi) is 6.37. The number of halogens is 2. The molecule has 0 saturated carbocycles. The van der Waals surface area contributed by atoms with Crippen molar-refractivity contribution >= 4 is 22.5 Å². The first-order valence-electron chi connectivity index (χ1n) is 9.34. The Balaban J connectivity index is 2.20. The van der Waals surface area contributed by atoms with E-state index in [1.54, 1.807) is 30.5 Å². The first kappa shape index (κ1) is 20.4. The SMILES string of the molecule is CCOc1cc2c(cc1Cc1cccc(Cl)c1F)c(=O)ccn2[C@@H](CC)CO. The molecule has 0 saturated heterocycles. The summed E-state index contributed by atoms with van der Waals surface area (Å²) in [7, 11) is 0. The Labute approximate surface area is 168 Å². The van der Waals surface area contributed by atoms with Crippen LogP contribution in [0.5, 0.6) is 5.75 Å². The van der Waals surface area contributed by atoms with Gasteiger partial charge in [-0.25, -0.2) is 4.39 Å². The Morgan fingerprint density at radius 3 is 2.68 bits per heavy atom. The summed E-state index contributed by atoms with van der Waals surface area (Å²) in [5.41, 5.74) is 1.70. The fourth-order valence-corrected chi connectivity index (χ4v) is 3.59. The van der Waals surface area contributed by atoms with Crippen molar-refractivity contribution in [3.05, 3.63) is 74.8 Å². The van der Waals surface area contributed by atoms with Crippen molar-refractivity contribution < 1.29 is 14.2 Å². The number of ether oxygens (including phenoxy) is 1. The van der Waals surface area contributed by atoms with Crippen LogP contribution in [0.2, 0.25) is 5.02 Å². The van der Waals surface area contributed by atoms with Crippen LogP contribution in [-0.4, -0.2) is 22.9 Å². The maximum absolute atomic E-state index is 14.4. The first-order valence-corrected chi connectivity index (χ1v) is 9.72. The fraction of sp³-hybridized carbons (Fsp3) is 0.318. The lowest BCUT2D eigenvalue weighted by Gasteiger charge is -2.21. The lowest BCUT2D eigenvalue weighted by atomic mass is 10.0. The molecule has 0 aliphatic rings. The van der Waals surface area contributed by atoms with Gasteiger partial charge in [0.25, 0.3) is 0 Å². The van der Waals surface area contributed by atoms with Crippen LogP contribution in [0.1, 0.15) is 37.4 Å². The number of hydrogen-bond acceptors (Lipinski definition) is 3.